The Kier molecular flexibility index (Phi) is 4.76. The Labute approximate surface area is 161 Å². The molecule has 1 atom stereocenters. The monoisotopic (exact) mass is 378 g/mol. The lowest BCUT2D eigenvalue weighted by atomic mass is 10.2. The predicted octanol–water partition coefficient (Wildman–Crippen LogP) is 1.81. The zero-order valence-electron chi connectivity index (χ0n) is 15.2. The Morgan fingerprint density at radius 3 is 2.71 bits per heavy atom. The van der Waals surface area contributed by atoms with Crippen LogP contribution < -0.4 is 15.0 Å². The number of carbonyl (C=O) groups excluding carboxylic acids is 2. The third kappa shape index (κ3) is 3.57. The van der Waals surface area contributed by atoms with Gasteiger partial charge in [0.1, 0.15) is 18.4 Å². The molecule has 0 saturated carbocycles. The summed E-state index contributed by atoms with van der Waals surface area (Å²) in [5, 5.41) is 10.3. The van der Waals surface area contributed by atoms with Crippen LogP contribution in [0.1, 0.15) is 22.1 Å². The average Bonchev–Trinajstić information content (AvgIpc) is 3.15. The Bertz CT molecular complexity index is 1000. The number of carbonyl (C=O) groups is 2. The minimum Gasteiger partial charge on any atom is -0.489 e. The highest BCUT2D eigenvalue weighted by molar-refractivity contribution is 6.02. The Morgan fingerprint density at radius 2 is 1.89 bits per heavy atom. The van der Waals surface area contributed by atoms with Crippen LogP contribution in [0.4, 0.5) is 5.69 Å². The molecule has 4 rings (SSSR count). The number of ether oxygens (including phenoxy) is 1. The number of anilines is 1. The van der Waals surface area contributed by atoms with Gasteiger partial charge in [-0.1, -0.05) is 42.5 Å². The van der Waals surface area contributed by atoms with E-state index in [0.29, 0.717) is 23.7 Å². The third-order valence-corrected chi connectivity index (χ3v) is 4.43. The van der Waals surface area contributed by atoms with Crippen molar-refractivity contribution in [1.29, 1.82) is 0 Å². The fourth-order valence-corrected chi connectivity index (χ4v) is 2.96. The maximum atomic E-state index is 12.7. The lowest BCUT2D eigenvalue weighted by Crippen LogP contribution is -2.49. The van der Waals surface area contributed by atoms with Crippen LogP contribution in [0, 0.1) is 0 Å². The number of likely N-dealkylation sites (N-methyl/N-ethyl adjacent to an activating group) is 1. The number of amides is 2. The lowest BCUT2D eigenvalue weighted by molar-refractivity contribution is -0.120. The van der Waals surface area contributed by atoms with E-state index < -0.39 is 11.9 Å². The van der Waals surface area contributed by atoms with Crippen LogP contribution in [-0.4, -0.2) is 41.7 Å². The highest BCUT2D eigenvalue weighted by Crippen LogP contribution is 2.29. The number of hydrogen-bond donors (Lipinski definition) is 1. The van der Waals surface area contributed by atoms with E-state index in [2.05, 4.69) is 15.5 Å². The van der Waals surface area contributed by atoms with Crippen LogP contribution in [0.15, 0.2) is 59.0 Å². The summed E-state index contributed by atoms with van der Waals surface area (Å²) in [6.45, 7) is 0.0108. The number of nitrogens with zero attached hydrogens (tertiary/aromatic N) is 3. The molecule has 142 valence electrons. The van der Waals surface area contributed by atoms with Crippen molar-refractivity contribution in [3.63, 3.8) is 0 Å². The molecular formula is C20H18N4O4. The normalized spacial score (nSPS) is 16.1. The standard InChI is InChI=1S/C20H18N4O4/c1-24-15-9-5-6-10-16(15)27-12-14(20(24)26)21-18(25)19-23-22-17(28-19)11-13-7-3-2-4-8-13/h2-10,14H,11-12H2,1H3,(H,21,25). The number of nitrogens with one attached hydrogen (secondary N) is 1. The number of aromatic nitrogens is 2. The first-order valence-corrected chi connectivity index (χ1v) is 8.78. The number of fused-ring (bicyclic) bond motifs is 1. The van der Waals surface area contributed by atoms with Crippen LogP contribution in [0.3, 0.4) is 0 Å². The lowest BCUT2D eigenvalue weighted by Gasteiger charge is -2.19. The van der Waals surface area contributed by atoms with Crippen LogP contribution in [0.2, 0.25) is 0 Å². The van der Waals surface area contributed by atoms with Gasteiger partial charge in [0, 0.05) is 7.05 Å². The van der Waals surface area contributed by atoms with Gasteiger partial charge in [-0.3, -0.25) is 9.59 Å². The number of rotatable bonds is 4. The Hall–Kier alpha value is -3.68. The van der Waals surface area contributed by atoms with E-state index in [9.17, 15) is 9.59 Å². The van der Waals surface area contributed by atoms with Crippen molar-refractivity contribution in [3.8, 4) is 5.75 Å². The summed E-state index contributed by atoms with van der Waals surface area (Å²) in [6, 6.07) is 15.9. The molecule has 0 saturated heterocycles. The molecular weight excluding hydrogens is 360 g/mol. The zero-order valence-corrected chi connectivity index (χ0v) is 15.2. The largest absolute Gasteiger partial charge is 0.489 e. The van der Waals surface area contributed by atoms with E-state index in [1.165, 1.54) is 4.90 Å². The summed E-state index contributed by atoms with van der Waals surface area (Å²) in [5.74, 6) is -0.194. The van der Waals surface area contributed by atoms with Crippen molar-refractivity contribution in [2.75, 3.05) is 18.6 Å². The van der Waals surface area contributed by atoms with Gasteiger partial charge in [-0.15, -0.1) is 10.2 Å². The number of para-hydroxylation sites is 2. The predicted molar refractivity (Wildman–Crippen MR) is 100 cm³/mol. The van der Waals surface area contributed by atoms with Gasteiger partial charge in [0.2, 0.25) is 5.89 Å². The van der Waals surface area contributed by atoms with Gasteiger partial charge in [-0.2, -0.15) is 0 Å². The zero-order chi connectivity index (χ0) is 19.5. The second kappa shape index (κ2) is 7.51. The summed E-state index contributed by atoms with van der Waals surface area (Å²) in [6.07, 6.45) is 0.421. The SMILES string of the molecule is CN1C(=O)C(NC(=O)c2nnc(Cc3ccccc3)o2)COc2ccccc21. The highest BCUT2D eigenvalue weighted by Gasteiger charge is 2.31. The second-order valence-electron chi connectivity index (χ2n) is 6.37. The van der Waals surface area contributed by atoms with Gasteiger partial charge < -0.3 is 19.4 Å². The quantitative estimate of drug-likeness (QED) is 0.744. The van der Waals surface area contributed by atoms with Crippen molar-refractivity contribution in [2.24, 2.45) is 0 Å². The first-order chi connectivity index (χ1) is 13.6. The van der Waals surface area contributed by atoms with Crippen LogP contribution >= 0.6 is 0 Å². The molecule has 0 fully saturated rings. The van der Waals surface area contributed by atoms with Gasteiger partial charge in [0.15, 0.2) is 0 Å². The molecule has 1 aliphatic rings. The minimum absolute atomic E-state index is 0.0108. The Balaban J connectivity index is 1.45. The molecule has 1 aromatic heterocycles. The first-order valence-electron chi connectivity index (χ1n) is 8.78. The number of benzene rings is 2. The molecule has 2 amide bonds. The van der Waals surface area contributed by atoms with Crippen molar-refractivity contribution in [3.05, 3.63) is 71.9 Å². The highest BCUT2D eigenvalue weighted by atomic mass is 16.5. The maximum Gasteiger partial charge on any atom is 0.309 e. The molecule has 0 bridgehead atoms. The maximum absolute atomic E-state index is 12.7. The smallest absolute Gasteiger partial charge is 0.309 e. The summed E-state index contributed by atoms with van der Waals surface area (Å²) in [4.78, 5) is 26.6. The molecule has 1 N–H and O–H groups in total. The number of hydrogen-bond acceptors (Lipinski definition) is 6. The molecule has 0 spiro atoms. The van der Waals surface area contributed by atoms with Crippen molar-refractivity contribution in [2.45, 2.75) is 12.5 Å². The van der Waals surface area contributed by atoms with Gasteiger partial charge in [0.25, 0.3) is 5.91 Å². The molecule has 0 aliphatic carbocycles. The molecule has 2 aromatic carbocycles. The minimum atomic E-state index is -0.866. The first kappa shape index (κ1) is 17.7. The topological polar surface area (TPSA) is 97.6 Å². The fourth-order valence-electron chi connectivity index (χ4n) is 2.96. The van der Waals surface area contributed by atoms with Crippen LogP contribution in [0.5, 0.6) is 5.75 Å². The van der Waals surface area contributed by atoms with Crippen LogP contribution in [0.25, 0.3) is 0 Å². The molecule has 1 aliphatic heterocycles. The van der Waals surface area contributed by atoms with E-state index in [0.717, 1.165) is 5.56 Å². The summed E-state index contributed by atoms with van der Waals surface area (Å²) in [5.41, 5.74) is 1.64. The van der Waals surface area contributed by atoms with Gasteiger partial charge in [0.05, 0.1) is 12.1 Å². The fraction of sp³-hybridized carbons (Fsp3) is 0.200. The summed E-state index contributed by atoms with van der Waals surface area (Å²) >= 11 is 0. The molecule has 1 unspecified atom stereocenters. The summed E-state index contributed by atoms with van der Waals surface area (Å²) < 4.78 is 11.1. The third-order valence-electron chi connectivity index (χ3n) is 4.43. The molecule has 8 heteroatoms. The van der Waals surface area contributed by atoms with Gasteiger partial charge >= 0.3 is 11.8 Å². The molecule has 28 heavy (non-hydrogen) atoms. The Morgan fingerprint density at radius 1 is 1.14 bits per heavy atom. The van der Waals surface area contributed by atoms with Crippen molar-refractivity contribution in [1.82, 2.24) is 15.5 Å². The van der Waals surface area contributed by atoms with Crippen LogP contribution in [-0.2, 0) is 11.2 Å². The van der Waals surface area contributed by atoms with Crippen molar-refractivity contribution >= 4 is 17.5 Å². The van der Waals surface area contributed by atoms with E-state index in [1.54, 1.807) is 19.2 Å². The molecule has 3 aromatic rings. The average molecular weight is 378 g/mol. The van der Waals surface area contributed by atoms with Gasteiger partial charge in [-0.05, 0) is 17.7 Å². The molecule has 8 nitrogen and oxygen atoms in total. The van der Waals surface area contributed by atoms with Crippen molar-refractivity contribution < 1.29 is 18.7 Å². The van der Waals surface area contributed by atoms with Gasteiger partial charge in [-0.25, -0.2) is 0 Å². The second-order valence-corrected chi connectivity index (χ2v) is 6.37. The van der Waals surface area contributed by atoms with E-state index >= 15 is 0 Å². The van der Waals surface area contributed by atoms with E-state index in [-0.39, 0.29) is 18.4 Å². The molecule has 2 heterocycles. The summed E-state index contributed by atoms with van der Waals surface area (Å²) in [7, 11) is 1.64. The van der Waals surface area contributed by atoms with E-state index in [1.807, 2.05) is 42.5 Å². The van der Waals surface area contributed by atoms with E-state index in [4.69, 9.17) is 9.15 Å². The molecule has 0 radical (unpaired) electrons.